The first-order valence-electron chi connectivity index (χ1n) is 7.76. The third-order valence-electron chi connectivity index (χ3n) is 3.69. The molecule has 6 heteroatoms. The lowest BCUT2D eigenvalue weighted by Gasteiger charge is -2.10. The average molecular weight is 349 g/mol. The summed E-state index contributed by atoms with van der Waals surface area (Å²) in [6.45, 7) is 1.12. The molecule has 1 N–H and O–H groups in total. The molecular weight excluding hydrogens is 326 g/mol. The number of hydrogen-bond acceptors (Lipinski definition) is 5. The lowest BCUT2D eigenvalue weighted by molar-refractivity contribution is 0.354. The second kappa shape index (κ2) is 8.70. The van der Waals surface area contributed by atoms with Crippen molar-refractivity contribution in [2.75, 3.05) is 33.1 Å². The lowest BCUT2D eigenvalue weighted by atomic mass is 10.1. The second-order valence-corrected chi connectivity index (χ2v) is 7.43. The Morgan fingerprint density at radius 1 is 0.917 bits per heavy atom. The Morgan fingerprint density at radius 3 is 2.29 bits per heavy atom. The predicted molar refractivity (Wildman–Crippen MR) is 94.6 cm³/mol. The van der Waals surface area contributed by atoms with Crippen molar-refractivity contribution in [3.63, 3.8) is 0 Å². The molecule has 0 saturated heterocycles. The molecule has 2 aromatic carbocycles. The van der Waals surface area contributed by atoms with Crippen LogP contribution in [0, 0.1) is 0 Å². The summed E-state index contributed by atoms with van der Waals surface area (Å²) < 4.78 is 34.8. The predicted octanol–water partition coefficient (Wildman–Crippen LogP) is 2.31. The smallest absolute Gasteiger partial charge is 0.179 e. The van der Waals surface area contributed by atoms with E-state index < -0.39 is 9.84 Å². The van der Waals surface area contributed by atoms with Gasteiger partial charge in [0.2, 0.25) is 0 Å². The van der Waals surface area contributed by atoms with Gasteiger partial charge in [-0.15, -0.1) is 0 Å². The molecule has 0 fully saturated rings. The Kier molecular flexibility index (Phi) is 6.63. The van der Waals surface area contributed by atoms with Crippen molar-refractivity contribution in [1.29, 1.82) is 0 Å². The zero-order valence-electron chi connectivity index (χ0n) is 14.0. The maximum absolute atomic E-state index is 12.1. The first kappa shape index (κ1) is 18.3. The first-order chi connectivity index (χ1) is 11.6. The third-order valence-corrected chi connectivity index (χ3v) is 5.42. The molecule has 0 saturated carbocycles. The van der Waals surface area contributed by atoms with Crippen LogP contribution in [0.25, 0.3) is 0 Å². The van der Waals surface area contributed by atoms with Crippen molar-refractivity contribution in [2.45, 2.75) is 11.3 Å². The molecule has 2 rings (SSSR count). The number of sulfone groups is 1. The van der Waals surface area contributed by atoms with Gasteiger partial charge in [0, 0.05) is 6.54 Å². The van der Waals surface area contributed by atoms with Gasteiger partial charge < -0.3 is 14.8 Å². The molecule has 24 heavy (non-hydrogen) atoms. The summed E-state index contributed by atoms with van der Waals surface area (Å²) in [5.74, 6) is 1.48. The zero-order valence-corrected chi connectivity index (χ0v) is 14.8. The summed E-state index contributed by atoms with van der Waals surface area (Å²) in [7, 11) is -0.0152. The van der Waals surface area contributed by atoms with Gasteiger partial charge in [-0.25, -0.2) is 8.42 Å². The van der Waals surface area contributed by atoms with E-state index in [9.17, 15) is 8.42 Å². The Balaban J connectivity index is 1.79. The summed E-state index contributed by atoms with van der Waals surface area (Å²) in [6, 6.07) is 14.3. The maximum Gasteiger partial charge on any atom is 0.179 e. The summed E-state index contributed by atoms with van der Waals surface area (Å²) in [4.78, 5) is 0.367. The van der Waals surface area contributed by atoms with Gasteiger partial charge in [-0.05, 0) is 42.8 Å². The Labute approximate surface area is 143 Å². The van der Waals surface area contributed by atoms with Crippen LogP contribution < -0.4 is 14.8 Å². The van der Waals surface area contributed by atoms with Crippen molar-refractivity contribution in [3.8, 4) is 11.5 Å². The van der Waals surface area contributed by atoms with Crippen LogP contribution in [0.1, 0.15) is 5.56 Å². The summed E-state index contributed by atoms with van der Waals surface area (Å²) in [5, 5.41) is 3.17. The topological polar surface area (TPSA) is 64.6 Å². The number of ether oxygens (including phenoxy) is 2. The molecule has 130 valence electrons. The van der Waals surface area contributed by atoms with Gasteiger partial charge in [0.15, 0.2) is 21.3 Å². The van der Waals surface area contributed by atoms with Crippen LogP contribution in [-0.4, -0.2) is 41.5 Å². The molecule has 0 spiro atoms. The van der Waals surface area contributed by atoms with Crippen LogP contribution in [0.4, 0.5) is 0 Å². The van der Waals surface area contributed by atoms with E-state index in [2.05, 4.69) is 5.32 Å². The molecule has 5 nitrogen and oxygen atoms in total. The fourth-order valence-electron chi connectivity index (χ4n) is 2.35. The van der Waals surface area contributed by atoms with Gasteiger partial charge in [0.1, 0.15) is 0 Å². The highest BCUT2D eigenvalue weighted by atomic mass is 32.2. The fourth-order valence-corrected chi connectivity index (χ4v) is 3.57. The molecule has 2 aromatic rings. The van der Waals surface area contributed by atoms with Gasteiger partial charge in [0.05, 0.1) is 24.9 Å². The minimum absolute atomic E-state index is 0.0863. The van der Waals surface area contributed by atoms with E-state index in [1.807, 2.05) is 18.2 Å². The molecule has 0 aliphatic carbocycles. The highest BCUT2D eigenvalue weighted by Crippen LogP contribution is 2.27. The fraction of sp³-hybridized carbons (Fsp3) is 0.333. The normalized spacial score (nSPS) is 11.2. The van der Waals surface area contributed by atoms with Gasteiger partial charge in [0.25, 0.3) is 0 Å². The minimum atomic E-state index is -3.22. The van der Waals surface area contributed by atoms with Crippen LogP contribution in [0.3, 0.4) is 0 Å². The van der Waals surface area contributed by atoms with Crippen molar-refractivity contribution in [3.05, 3.63) is 54.1 Å². The van der Waals surface area contributed by atoms with Crippen molar-refractivity contribution in [2.24, 2.45) is 0 Å². The molecule has 0 amide bonds. The SMILES string of the molecule is COc1ccc(CCNCCS(=O)(=O)c2ccccc2)cc1OC. The van der Waals surface area contributed by atoms with E-state index in [1.54, 1.807) is 44.6 Å². The second-order valence-electron chi connectivity index (χ2n) is 5.32. The Hall–Kier alpha value is -2.05. The van der Waals surface area contributed by atoms with E-state index in [-0.39, 0.29) is 5.75 Å². The molecule has 0 atom stereocenters. The molecular formula is C18H23NO4S. The van der Waals surface area contributed by atoms with E-state index in [1.165, 1.54) is 0 Å². The van der Waals surface area contributed by atoms with E-state index >= 15 is 0 Å². The lowest BCUT2D eigenvalue weighted by Crippen LogP contribution is -2.25. The maximum atomic E-state index is 12.1. The molecule has 0 heterocycles. The van der Waals surface area contributed by atoms with Crippen LogP contribution in [0.5, 0.6) is 11.5 Å². The number of benzene rings is 2. The van der Waals surface area contributed by atoms with Crippen molar-refractivity contribution in [1.82, 2.24) is 5.32 Å². The largest absolute Gasteiger partial charge is 0.493 e. The van der Waals surface area contributed by atoms with E-state index in [0.717, 1.165) is 12.0 Å². The summed E-state index contributed by atoms with van der Waals surface area (Å²) in [6.07, 6.45) is 0.783. The highest BCUT2D eigenvalue weighted by Gasteiger charge is 2.12. The van der Waals surface area contributed by atoms with Gasteiger partial charge in [-0.2, -0.15) is 0 Å². The number of hydrogen-bond donors (Lipinski definition) is 1. The molecule has 0 aromatic heterocycles. The van der Waals surface area contributed by atoms with Crippen LogP contribution in [-0.2, 0) is 16.3 Å². The third kappa shape index (κ3) is 4.97. The molecule has 0 unspecified atom stereocenters. The standard InChI is InChI=1S/C18H23NO4S/c1-22-17-9-8-15(14-18(17)23-2)10-11-19-12-13-24(20,21)16-6-4-3-5-7-16/h3-9,14,19H,10-13H2,1-2H3. The summed E-state index contributed by atoms with van der Waals surface area (Å²) >= 11 is 0. The highest BCUT2D eigenvalue weighted by molar-refractivity contribution is 7.91. The quantitative estimate of drug-likeness (QED) is 0.704. The Morgan fingerprint density at radius 2 is 1.62 bits per heavy atom. The molecule has 0 bridgehead atoms. The van der Waals surface area contributed by atoms with Crippen molar-refractivity contribution >= 4 is 9.84 Å². The van der Waals surface area contributed by atoms with Gasteiger partial charge in [-0.3, -0.25) is 0 Å². The van der Waals surface area contributed by atoms with Gasteiger partial charge in [-0.1, -0.05) is 24.3 Å². The number of nitrogens with one attached hydrogen (secondary N) is 1. The summed E-state index contributed by atoms with van der Waals surface area (Å²) in [5.41, 5.74) is 1.10. The van der Waals surface area contributed by atoms with Crippen LogP contribution >= 0.6 is 0 Å². The number of methoxy groups -OCH3 is 2. The van der Waals surface area contributed by atoms with Crippen molar-refractivity contribution < 1.29 is 17.9 Å². The van der Waals surface area contributed by atoms with Crippen LogP contribution in [0.15, 0.2) is 53.4 Å². The van der Waals surface area contributed by atoms with Crippen LogP contribution in [0.2, 0.25) is 0 Å². The molecule has 0 radical (unpaired) electrons. The average Bonchev–Trinajstić information content (AvgIpc) is 2.62. The first-order valence-corrected chi connectivity index (χ1v) is 9.41. The molecule has 0 aliphatic heterocycles. The minimum Gasteiger partial charge on any atom is -0.493 e. The molecule has 0 aliphatic rings. The zero-order chi connectivity index (χ0) is 17.4. The van der Waals surface area contributed by atoms with E-state index in [4.69, 9.17) is 9.47 Å². The van der Waals surface area contributed by atoms with Gasteiger partial charge >= 0.3 is 0 Å². The number of rotatable bonds is 9. The monoisotopic (exact) mass is 349 g/mol. The Bertz CT molecular complexity index is 745. The van der Waals surface area contributed by atoms with E-state index in [0.29, 0.717) is 29.5 Å².